The summed E-state index contributed by atoms with van der Waals surface area (Å²) in [5, 5.41) is 9.83. The van der Waals surface area contributed by atoms with E-state index in [4.69, 9.17) is 5.73 Å². The first-order valence-corrected chi connectivity index (χ1v) is 6.52. The van der Waals surface area contributed by atoms with Gasteiger partial charge >= 0.3 is 0 Å². The second-order valence-corrected chi connectivity index (χ2v) is 6.01. The van der Waals surface area contributed by atoms with E-state index < -0.39 is 0 Å². The normalized spacial score (nSPS) is 19.3. The van der Waals surface area contributed by atoms with Gasteiger partial charge in [0, 0.05) is 5.41 Å². The fourth-order valence-corrected chi connectivity index (χ4v) is 3.28. The van der Waals surface area contributed by atoms with Crippen molar-refractivity contribution in [3.8, 4) is 0 Å². The first-order chi connectivity index (χ1) is 7.10. The van der Waals surface area contributed by atoms with Crippen LogP contribution in [0.4, 0.5) is 5.13 Å². The van der Waals surface area contributed by atoms with E-state index in [-0.39, 0.29) is 5.41 Å². The smallest absolute Gasteiger partial charge is 0.203 e. The molecule has 0 bridgehead atoms. The summed E-state index contributed by atoms with van der Waals surface area (Å²) in [6.07, 6.45) is 6.77. The number of nitrogens with two attached hydrogens (primary N) is 1. The highest BCUT2D eigenvalue weighted by molar-refractivity contribution is 7.15. The molecule has 15 heavy (non-hydrogen) atoms. The average Bonchev–Trinajstić information content (AvgIpc) is 2.67. The van der Waals surface area contributed by atoms with Gasteiger partial charge in [0.2, 0.25) is 5.13 Å². The van der Waals surface area contributed by atoms with Crippen LogP contribution >= 0.6 is 11.3 Å². The van der Waals surface area contributed by atoms with E-state index in [1.165, 1.54) is 32.1 Å². The monoisotopic (exact) mass is 225 g/mol. The minimum absolute atomic E-state index is 0.149. The summed E-state index contributed by atoms with van der Waals surface area (Å²) in [5.74, 6) is 0.749. The highest BCUT2D eigenvalue weighted by Gasteiger charge is 2.35. The Bertz CT molecular complexity index is 326. The van der Waals surface area contributed by atoms with Crippen LogP contribution in [0.3, 0.4) is 0 Å². The fourth-order valence-electron chi connectivity index (χ4n) is 2.49. The van der Waals surface area contributed by atoms with Crippen molar-refractivity contribution in [2.75, 3.05) is 5.73 Å². The number of hydrogen-bond acceptors (Lipinski definition) is 4. The molecule has 0 atom stereocenters. The maximum absolute atomic E-state index is 5.65. The molecule has 0 spiro atoms. The van der Waals surface area contributed by atoms with Gasteiger partial charge in [-0.05, 0) is 18.8 Å². The quantitative estimate of drug-likeness (QED) is 0.842. The maximum Gasteiger partial charge on any atom is 0.203 e. The lowest BCUT2D eigenvalue weighted by Crippen LogP contribution is -2.30. The van der Waals surface area contributed by atoms with Gasteiger partial charge in [-0.1, -0.05) is 44.4 Å². The zero-order valence-corrected chi connectivity index (χ0v) is 10.3. The van der Waals surface area contributed by atoms with Gasteiger partial charge in [0.1, 0.15) is 5.01 Å². The van der Waals surface area contributed by atoms with Gasteiger partial charge in [0.05, 0.1) is 0 Å². The summed E-state index contributed by atoms with van der Waals surface area (Å²) in [7, 11) is 0. The summed E-state index contributed by atoms with van der Waals surface area (Å²) in [6.45, 7) is 4.56. The van der Waals surface area contributed by atoms with Gasteiger partial charge in [-0.3, -0.25) is 0 Å². The molecular weight excluding hydrogens is 206 g/mol. The topological polar surface area (TPSA) is 51.8 Å². The number of nitrogen functional groups attached to an aromatic ring is 1. The van der Waals surface area contributed by atoms with Crippen molar-refractivity contribution in [2.24, 2.45) is 5.92 Å². The summed E-state index contributed by atoms with van der Waals surface area (Å²) >= 11 is 1.54. The van der Waals surface area contributed by atoms with E-state index >= 15 is 0 Å². The molecule has 1 aromatic rings. The number of hydrogen-bond donors (Lipinski definition) is 1. The van der Waals surface area contributed by atoms with E-state index in [2.05, 4.69) is 24.0 Å². The molecule has 1 saturated carbocycles. The Morgan fingerprint density at radius 2 is 1.87 bits per heavy atom. The number of aromatic nitrogens is 2. The maximum atomic E-state index is 5.65. The third-order valence-corrected chi connectivity index (χ3v) is 4.71. The first kappa shape index (κ1) is 10.9. The van der Waals surface area contributed by atoms with Gasteiger partial charge in [-0.2, -0.15) is 0 Å². The van der Waals surface area contributed by atoms with Gasteiger partial charge < -0.3 is 5.73 Å². The van der Waals surface area contributed by atoms with Crippen molar-refractivity contribution in [3.63, 3.8) is 0 Å². The van der Waals surface area contributed by atoms with Crippen LogP contribution in [-0.2, 0) is 5.41 Å². The van der Waals surface area contributed by atoms with Gasteiger partial charge in [-0.15, -0.1) is 10.2 Å². The molecule has 1 heterocycles. The molecular formula is C11H19N3S. The van der Waals surface area contributed by atoms with E-state index in [1.54, 1.807) is 11.3 Å². The lowest BCUT2D eigenvalue weighted by Gasteiger charge is -2.34. The van der Waals surface area contributed by atoms with Crippen molar-refractivity contribution in [1.29, 1.82) is 0 Å². The number of rotatable bonds is 2. The van der Waals surface area contributed by atoms with E-state index in [0.717, 1.165) is 10.9 Å². The standard InChI is InChI=1S/C11H19N3S/c1-11(2,8-6-4-3-5-7-8)9-13-14-10(12)15-9/h8H,3-7H2,1-2H3,(H2,12,14). The molecule has 1 aromatic heterocycles. The summed E-state index contributed by atoms with van der Waals surface area (Å²) in [4.78, 5) is 0. The molecule has 1 fully saturated rings. The predicted molar refractivity (Wildman–Crippen MR) is 63.9 cm³/mol. The van der Waals surface area contributed by atoms with Crippen LogP contribution < -0.4 is 5.73 Å². The molecule has 2 rings (SSSR count). The Labute approximate surface area is 95.1 Å². The zero-order chi connectivity index (χ0) is 10.9. The third-order valence-electron chi connectivity index (χ3n) is 3.62. The lowest BCUT2D eigenvalue weighted by molar-refractivity contribution is 0.234. The molecule has 0 unspecified atom stereocenters. The van der Waals surface area contributed by atoms with Crippen molar-refractivity contribution in [1.82, 2.24) is 10.2 Å². The van der Waals surface area contributed by atoms with Crippen molar-refractivity contribution in [2.45, 2.75) is 51.4 Å². The Morgan fingerprint density at radius 3 is 2.40 bits per heavy atom. The fraction of sp³-hybridized carbons (Fsp3) is 0.818. The van der Waals surface area contributed by atoms with Crippen LogP contribution in [0, 0.1) is 5.92 Å². The van der Waals surface area contributed by atoms with Crippen LogP contribution in [0.25, 0.3) is 0 Å². The Morgan fingerprint density at radius 1 is 1.20 bits per heavy atom. The number of nitrogens with zero attached hydrogens (tertiary/aromatic N) is 2. The van der Waals surface area contributed by atoms with Gasteiger partial charge in [0.25, 0.3) is 0 Å². The van der Waals surface area contributed by atoms with Gasteiger partial charge in [-0.25, -0.2) is 0 Å². The summed E-state index contributed by atoms with van der Waals surface area (Å²) in [5.41, 5.74) is 5.80. The zero-order valence-electron chi connectivity index (χ0n) is 9.49. The van der Waals surface area contributed by atoms with Crippen molar-refractivity contribution < 1.29 is 0 Å². The Hall–Kier alpha value is -0.640. The highest BCUT2D eigenvalue weighted by Crippen LogP contribution is 2.41. The Balaban J connectivity index is 2.17. The minimum atomic E-state index is 0.149. The van der Waals surface area contributed by atoms with Crippen molar-refractivity contribution >= 4 is 16.5 Å². The second-order valence-electron chi connectivity index (χ2n) is 5.00. The minimum Gasteiger partial charge on any atom is -0.374 e. The third kappa shape index (κ3) is 2.14. The molecule has 0 radical (unpaired) electrons. The molecule has 1 aliphatic rings. The van der Waals surface area contributed by atoms with E-state index in [0.29, 0.717) is 5.13 Å². The molecule has 0 amide bonds. The predicted octanol–water partition coefficient (Wildman–Crippen LogP) is 2.98. The van der Waals surface area contributed by atoms with E-state index in [1.807, 2.05) is 0 Å². The summed E-state index contributed by atoms with van der Waals surface area (Å²) < 4.78 is 0. The largest absolute Gasteiger partial charge is 0.374 e. The SMILES string of the molecule is CC(C)(c1nnc(N)s1)C1CCCCC1. The van der Waals surface area contributed by atoms with Crippen LogP contribution in [-0.4, -0.2) is 10.2 Å². The van der Waals surface area contributed by atoms with Gasteiger partial charge in [0.15, 0.2) is 0 Å². The second kappa shape index (κ2) is 4.08. The highest BCUT2D eigenvalue weighted by atomic mass is 32.1. The molecule has 0 aromatic carbocycles. The molecule has 2 N–H and O–H groups in total. The molecule has 1 aliphatic carbocycles. The van der Waals surface area contributed by atoms with Crippen molar-refractivity contribution in [3.05, 3.63) is 5.01 Å². The molecule has 84 valence electrons. The molecule has 4 heteroatoms. The molecule has 0 saturated heterocycles. The molecule has 3 nitrogen and oxygen atoms in total. The lowest BCUT2D eigenvalue weighted by atomic mass is 9.71. The summed E-state index contributed by atoms with van der Waals surface area (Å²) in [6, 6.07) is 0. The first-order valence-electron chi connectivity index (χ1n) is 5.70. The average molecular weight is 225 g/mol. The van der Waals surface area contributed by atoms with E-state index in [9.17, 15) is 0 Å². The Kier molecular flexibility index (Phi) is 2.96. The molecule has 0 aliphatic heterocycles. The van der Waals surface area contributed by atoms with Crippen LogP contribution in [0.5, 0.6) is 0 Å². The van der Waals surface area contributed by atoms with Crippen LogP contribution in [0.2, 0.25) is 0 Å². The van der Waals surface area contributed by atoms with Crippen LogP contribution in [0.15, 0.2) is 0 Å². The van der Waals surface area contributed by atoms with Crippen LogP contribution in [0.1, 0.15) is 51.0 Å². The number of anilines is 1.